The van der Waals surface area contributed by atoms with Crippen LogP contribution >= 0.6 is 34.2 Å². The van der Waals surface area contributed by atoms with Crippen molar-refractivity contribution in [2.24, 2.45) is 0 Å². The van der Waals surface area contributed by atoms with E-state index in [1.54, 1.807) is 50.6 Å². The van der Waals surface area contributed by atoms with Crippen LogP contribution in [0.15, 0.2) is 81.6 Å². The summed E-state index contributed by atoms with van der Waals surface area (Å²) in [6.07, 6.45) is -9.33. The lowest BCUT2D eigenvalue weighted by atomic mass is 10.0. The van der Waals surface area contributed by atoms with Crippen molar-refractivity contribution in [3.8, 4) is 22.9 Å². The summed E-state index contributed by atoms with van der Waals surface area (Å²) < 4.78 is 134. The lowest BCUT2D eigenvalue weighted by Crippen LogP contribution is -2.55. The number of anilines is 2. The fraction of sp³-hybridized carbons (Fsp3) is 0.362. The molecule has 8 rings (SSSR count). The van der Waals surface area contributed by atoms with Crippen molar-refractivity contribution in [1.29, 1.82) is 0 Å². The zero-order chi connectivity index (χ0) is 51.6. The summed E-state index contributed by atoms with van der Waals surface area (Å²) in [4.78, 5) is 38.8. The molecule has 0 radical (unpaired) electrons. The van der Waals surface area contributed by atoms with Crippen molar-refractivity contribution < 1.29 is 57.9 Å². The topological polar surface area (TPSA) is 131 Å². The Morgan fingerprint density at radius 1 is 0.639 bits per heavy atom. The van der Waals surface area contributed by atoms with Gasteiger partial charge in [0.25, 0.3) is 0 Å². The number of rotatable bonds is 12. The average molecular weight is 1150 g/mol. The van der Waals surface area contributed by atoms with Gasteiger partial charge in [-0.3, -0.25) is 14.7 Å². The molecule has 2 aliphatic heterocycles. The van der Waals surface area contributed by atoms with Gasteiger partial charge in [0.05, 0.1) is 16.7 Å². The Balaban J connectivity index is 0.946. The van der Waals surface area contributed by atoms with E-state index in [1.165, 1.54) is 52.3 Å². The third kappa shape index (κ3) is 11.9. The Morgan fingerprint density at radius 3 is 1.53 bits per heavy atom. The Kier molecular flexibility index (Phi) is 15.7. The summed E-state index contributed by atoms with van der Waals surface area (Å²) in [5, 5.41) is 13.1. The Bertz CT molecular complexity index is 2920. The van der Waals surface area contributed by atoms with Gasteiger partial charge in [-0.15, -0.1) is 20.4 Å². The molecule has 382 valence electrons. The van der Waals surface area contributed by atoms with Crippen molar-refractivity contribution in [2.45, 2.75) is 51.8 Å². The van der Waals surface area contributed by atoms with E-state index >= 15 is 8.78 Å². The molecular formula is C47H43ClF9IN10O4. The fourth-order valence-electron chi connectivity index (χ4n) is 8.33. The van der Waals surface area contributed by atoms with Crippen LogP contribution in [0.5, 0.6) is 0 Å². The second-order valence-corrected chi connectivity index (χ2v) is 18.6. The number of hydrogen-bond acceptors (Lipinski definition) is 10. The van der Waals surface area contributed by atoms with Crippen LogP contribution in [0.4, 0.5) is 60.5 Å². The Morgan fingerprint density at radius 2 is 1.10 bits per heavy atom. The predicted molar refractivity (Wildman–Crippen MR) is 253 cm³/mol. The lowest BCUT2D eigenvalue weighted by molar-refractivity contribution is -0.157. The molecule has 0 saturated carbocycles. The highest BCUT2D eigenvalue weighted by molar-refractivity contribution is 14.1. The van der Waals surface area contributed by atoms with Gasteiger partial charge in [-0.2, -0.15) is 26.3 Å². The summed E-state index contributed by atoms with van der Waals surface area (Å²) in [5.41, 5.74) is 1.29. The minimum absolute atomic E-state index is 0.00994. The molecule has 4 heterocycles. The summed E-state index contributed by atoms with van der Waals surface area (Å²) in [7, 11) is 0. The molecule has 72 heavy (non-hydrogen) atoms. The van der Waals surface area contributed by atoms with Gasteiger partial charge in [-0.05, 0) is 103 Å². The Hall–Kier alpha value is -5.99. The van der Waals surface area contributed by atoms with Crippen LogP contribution < -0.4 is 9.80 Å². The predicted octanol–water partition coefficient (Wildman–Crippen LogP) is 10.6. The second kappa shape index (κ2) is 21.6. The number of alkyl halides is 6. The molecule has 4 amide bonds. The zero-order valence-electron chi connectivity index (χ0n) is 38.3. The highest BCUT2D eigenvalue weighted by Gasteiger charge is 2.40. The minimum atomic E-state index is -4.90. The molecule has 2 saturated heterocycles. The van der Waals surface area contributed by atoms with E-state index in [4.69, 9.17) is 16.0 Å². The molecule has 6 aromatic rings. The summed E-state index contributed by atoms with van der Waals surface area (Å²) in [6, 6.07) is 15.3. The van der Waals surface area contributed by atoms with E-state index in [0.717, 1.165) is 24.2 Å². The molecule has 14 nitrogen and oxygen atoms in total. The third-order valence-electron chi connectivity index (χ3n) is 12.4. The highest BCUT2D eigenvalue weighted by Crippen LogP contribution is 2.34. The van der Waals surface area contributed by atoms with Crippen LogP contribution in [0.3, 0.4) is 0 Å². The number of carbonyl (C=O) groups is 2. The largest absolute Gasteiger partial charge is 0.470 e. The van der Waals surface area contributed by atoms with Crippen LogP contribution in [0.25, 0.3) is 22.9 Å². The first kappa shape index (κ1) is 52.3. The van der Waals surface area contributed by atoms with Gasteiger partial charge in [-0.1, -0.05) is 36.7 Å². The molecule has 0 N–H and O–H groups in total. The number of carbonyl (C=O) groups excluding carboxylic acids is 2. The molecule has 0 bridgehead atoms. The molecule has 0 aliphatic carbocycles. The maximum Gasteiger partial charge on any atom is 0.470 e. The van der Waals surface area contributed by atoms with E-state index in [9.17, 15) is 40.3 Å². The van der Waals surface area contributed by atoms with Gasteiger partial charge in [0.2, 0.25) is 11.8 Å². The first-order valence-electron chi connectivity index (χ1n) is 22.4. The normalized spacial score (nSPS) is 15.5. The van der Waals surface area contributed by atoms with E-state index in [1.807, 2.05) is 13.8 Å². The number of benzene rings is 4. The van der Waals surface area contributed by atoms with Crippen LogP contribution in [-0.4, -0.2) is 117 Å². The van der Waals surface area contributed by atoms with Gasteiger partial charge >= 0.3 is 36.2 Å². The summed E-state index contributed by atoms with van der Waals surface area (Å²) in [6.45, 7) is 7.75. The fourth-order valence-corrected chi connectivity index (χ4v) is 9.08. The molecule has 0 spiro atoms. The maximum atomic E-state index is 15.7. The minimum Gasteiger partial charge on any atom is -0.413 e. The number of amides is 4. The van der Waals surface area contributed by atoms with Crippen LogP contribution in [-0.2, 0) is 31.9 Å². The monoisotopic (exact) mass is 1140 g/mol. The van der Waals surface area contributed by atoms with Crippen molar-refractivity contribution in [3.05, 3.63) is 127 Å². The zero-order valence-corrected chi connectivity index (χ0v) is 41.2. The molecule has 2 aliphatic rings. The van der Waals surface area contributed by atoms with Gasteiger partial charge in [-0.25, -0.2) is 22.8 Å². The molecule has 2 aromatic heterocycles. The van der Waals surface area contributed by atoms with Crippen LogP contribution in [0.2, 0.25) is 5.02 Å². The van der Waals surface area contributed by atoms with Crippen molar-refractivity contribution in [1.82, 2.24) is 40.0 Å². The molecular weight excluding hydrogens is 1100 g/mol. The van der Waals surface area contributed by atoms with E-state index in [0.29, 0.717) is 56.4 Å². The average Bonchev–Trinajstić information content (AvgIpc) is 4.07. The number of likely N-dealkylation sites (N-methyl/N-ethyl adjacent to an activating group) is 1. The van der Waals surface area contributed by atoms with Gasteiger partial charge in [0, 0.05) is 97.1 Å². The van der Waals surface area contributed by atoms with Crippen molar-refractivity contribution >= 4 is 57.6 Å². The first-order valence-corrected chi connectivity index (χ1v) is 23.8. The molecule has 1 atom stereocenters. The van der Waals surface area contributed by atoms with Crippen LogP contribution in [0, 0.1) is 21.0 Å². The first-order chi connectivity index (χ1) is 34.2. The number of piperazine rings is 2. The smallest absolute Gasteiger partial charge is 0.413 e. The van der Waals surface area contributed by atoms with Crippen molar-refractivity contribution in [3.63, 3.8) is 0 Å². The Labute approximate surface area is 424 Å². The summed E-state index contributed by atoms with van der Waals surface area (Å²) >= 11 is 8.72. The number of nitrogens with zero attached hydrogens (tertiary/aromatic N) is 10. The van der Waals surface area contributed by atoms with Gasteiger partial charge in [0.15, 0.2) is 0 Å². The van der Waals surface area contributed by atoms with Crippen molar-refractivity contribution in [2.75, 3.05) is 68.7 Å². The third-order valence-corrected chi connectivity index (χ3v) is 13.6. The van der Waals surface area contributed by atoms with Gasteiger partial charge in [0.1, 0.15) is 17.5 Å². The molecule has 25 heteroatoms. The second-order valence-electron chi connectivity index (χ2n) is 17.0. The lowest BCUT2D eigenvalue weighted by Gasteiger charge is -2.40. The number of halogens is 11. The SMILES string of the molecule is CCN1CCN(C(=O)N(Cc2ccc(-c3nnc(C(F)(F)F)o3)cc2F)c2ccc(CC(C)N3CCN(C(=O)N(Cc4ccc(-c5nnc(C(F)(F)F)o5)cc4F)c4ccc(F)c(I)c4)CC3)c(Cl)c2)CC1. The van der Waals surface area contributed by atoms with E-state index in [2.05, 4.69) is 34.6 Å². The number of hydrogen-bond donors (Lipinski definition) is 0. The highest BCUT2D eigenvalue weighted by atomic mass is 127. The quantitative estimate of drug-likeness (QED) is 0.0862. The molecule has 2 fully saturated rings. The van der Waals surface area contributed by atoms with Crippen LogP contribution in [0.1, 0.15) is 42.3 Å². The summed E-state index contributed by atoms with van der Waals surface area (Å²) in [5.74, 6) is -6.44. The molecule has 4 aromatic carbocycles. The van der Waals surface area contributed by atoms with E-state index < -0.39 is 65.4 Å². The molecule has 1 unspecified atom stereocenters. The van der Waals surface area contributed by atoms with E-state index in [-0.39, 0.29) is 63.7 Å². The number of aromatic nitrogens is 4. The standard InChI is InChI=1S/C47H43ClF9IN10O4/c1-3-63-12-14-65(15-13-63)44(69)67(25-31-6-4-29(21-37(31)50)40-59-61-42(71-40)46(52,53)54)33-9-8-28(35(48)23-33)20-27(2)64-16-18-66(19-17-64)45(70)68(34-10-11-36(49)39(58)24-34)26-32-7-5-30(22-38(32)51)41-60-62-43(72-41)47(55,56)57/h4-11,21-24,27H,3,12-20,25-26H2,1-2H3. The maximum absolute atomic E-state index is 15.7. The number of urea groups is 2. The van der Waals surface area contributed by atoms with Gasteiger partial charge < -0.3 is 23.5 Å².